The van der Waals surface area contributed by atoms with Crippen LogP contribution in [0, 0.1) is 8.99 Å². The molecular formula is C14H13IN4O2. The molecule has 4 rings (SSSR count). The van der Waals surface area contributed by atoms with Gasteiger partial charge in [0.1, 0.15) is 5.52 Å². The molecule has 2 saturated heterocycles. The van der Waals surface area contributed by atoms with Crippen LogP contribution in [0.3, 0.4) is 0 Å². The molecule has 2 amide bonds. The van der Waals surface area contributed by atoms with Gasteiger partial charge in [0.25, 0.3) is 0 Å². The molecule has 1 N–H and O–H groups in total. The number of hydrogen-bond acceptors (Lipinski definition) is 4. The highest BCUT2D eigenvalue weighted by Crippen LogP contribution is 2.40. The minimum Gasteiger partial charge on any atom is -0.367 e. The van der Waals surface area contributed by atoms with Crippen molar-refractivity contribution in [1.82, 2.24) is 14.9 Å². The number of pyridine rings is 1. The lowest BCUT2D eigenvalue weighted by molar-refractivity contribution is -0.127. The zero-order chi connectivity index (χ0) is 14.6. The number of anilines is 1. The Labute approximate surface area is 134 Å². The highest BCUT2D eigenvalue weighted by molar-refractivity contribution is 14.1. The second-order valence-electron chi connectivity index (χ2n) is 5.69. The fourth-order valence-corrected chi connectivity index (χ4v) is 4.05. The highest BCUT2D eigenvalue weighted by Gasteiger charge is 2.51. The Morgan fingerprint density at radius 2 is 2.24 bits per heavy atom. The zero-order valence-corrected chi connectivity index (χ0v) is 13.3. The number of rotatable bonds is 1. The van der Waals surface area contributed by atoms with Crippen molar-refractivity contribution in [2.24, 2.45) is 5.41 Å². The summed E-state index contributed by atoms with van der Waals surface area (Å²) in [5, 5.41) is 6.81. The number of nitrogens with zero attached hydrogens (tertiary/aromatic N) is 3. The highest BCUT2D eigenvalue weighted by atomic mass is 127. The molecule has 2 aromatic rings. The molecule has 21 heavy (non-hydrogen) atoms. The Balaban J connectivity index is 1.72. The summed E-state index contributed by atoms with van der Waals surface area (Å²) in [5.41, 5.74) is 1.54. The van der Waals surface area contributed by atoms with Crippen molar-refractivity contribution in [3.05, 3.63) is 28.1 Å². The lowest BCUT2D eigenvalue weighted by atomic mass is 9.85. The van der Waals surface area contributed by atoms with Crippen LogP contribution < -0.4 is 10.2 Å². The van der Waals surface area contributed by atoms with Crippen molar-refractivity contribution in [1.29, 1.82) is 0 Å². The standard InChI is InChI=1S/C14H13IN4O2/c15-9-2-1-4-19-12(9)10(7-16-19)18-5-3-14(8-18)6-11(20)17-13(14)21/h1-2,4,7H,3,5-6,8H2,(H,17,20,21). The molecule has 0 radical (unpaired) electrons. The smallest absolute Gasteiger partial charge is 0.235 e. The van der Waals surface area contributed by atoms with Crippen molar-refractivity contribution in [2.45, 2.75) is 12.8 Å². The van der Waals surface area contributed by atoms with E-state index >= 15 is 0 Å². The molecule has 0 bridgehead atoms. The van der Waals surface area contributed by atoms with Gasteiger partial charge >= 0.3 is 0 Å². The predicted molar refractivity (Wildman–Crippen MR) is 84.9 cm³/mol. The van der Waals surface area contributed by atoms with Gasteiger partial charge in [0.05, 0.1) is 17.3 Å². The summed E-state index contributed by atoms with van der Waals surface area (Å²) in [5.74, 6) is -0.280. The summed E-state index contributed by atoms with van der Waals surface area (Å²) in [6.45, 7) is 1.35. The number of aromatic nitrogens is 2. The van der Waals surface area contributed by atoms with Crippen LogP contribution in [-0.4, -0.2) is 34.5 Å². The van der Waals surface area contributed by atoms with Crippen LogP contribution in [0.25, 0.3) is 5.52 Å². The van der Waals surface area contributed by atoms with Crippen molar-refractivity contribution < 1.29 is 9.59 Å². The van der Waals surface area contributed by atoms with Crippen LogP contribution in [0.4, 0.5) is 5.69 Å². The van der Waals surface area contributed by atoms with E-state index in [4.69, 9.17) is 0 Å². The Morgan fingerprint density at radius 1 is 1.38 bits per heavy atom. The maximum atomic E-state index is 12.1. The first-order valence-electron chi connectivity index (χ1n) is 6.80. The van der Waals surface area contributed by atoms with Crippen LogP contribution in [0.1, 0.15) is 12.8 Å². The van der Waals surface area contributed by atoms with Gasteiger partial charge in [-0.3, -0.25) is 14.9 Å². The third-order valence-electron chi connectivity index (χ3n) is 4.40. The number of fused-ring (bicyclic) bond motifs is 1. The third kappa shape index (κ3) is 1.86. The lowest BCUT2D eigenvalue weighted by Crippen LogP contribution is -2.34. The molecule has 2 fully saturated rings. The quantitative estimate of drug-likeness (QED) is 0.581. The summed E-state index contributed by atoms with van der Waals surface area (Å²) in [4.78, 5) is 25.7. The van der Waals surface area contributed by atoms with Gasteiger partial charge in [0, 0.05) is 29.3 Å². The molecule has 2 aliphatic rings. The van der Waals surface area contributed by atoms with Crippen LogP contribution in [0.2, 0.25) is 0 Å². The Hall–Kier alpha value is -1.64. The van der Waals surface area contributed by atoms with E-state index in [1.807, 2.05) is 29.0 Å². The topological polar surface area (TPSA) is 66.7 Å². The van der Waals surface area contributed by atoms with Gasteiger partial charge in [0.15, 0.2) is 0 Å². The summed E-state index contributed by atoms with van der Waals surface area (Å²) in [6, 6.07) is 4.00. The molecule has 7 heteroatoms. The van der Waals surface area contributed by atoms with Crippen LogP contribution in [0.5, 0.6) is 0 Å². The number of nitrogens with one attached hydrogen (secondary N) is 1. The number of halogens is 1. The average molecular weight is 396 g/mol. The van der Waals surface area contributed by atoms with Gasteiger partial charge in [-0.05, 0) is 41.1 Å². The molecule has 108 valence electrons. The van der Waals surface area contributed by atoms with E-state index in [-0.39, 0.29) is 11.8 Å². The second kappa shape index (κ2) is 4.43. The van der Waals surface area contributed by atoms with E-state index in [0.717, 1.165) is 21.3 Å². The summed E-state index contributed by atoms with van der Waals surface area (Å²) >= 11 is 2.29. The van der Waals surface area contributed by atoms with Gasteiger partial charge in [-0.25, -0.2) is 4.52 Å². The van der Waals surface area contributed by atoms with Crippen molar-refractivity contribution >= 4 is 45.6 Å². The van der Waals surface area contributed by atoms with E-state index in [2.05, 4.69) is 37.9 Å². The monoisotopic (exact) mass is 396 g/mol. The number of hydrogen-bond donors (Lipinski definition) is 1. The van der Waals surface area contributed by atoms with E-state index in [1.165, 1.54) is 0 Å². The molecular weight excluding hydrogens is 383 g/mol. The Bertz CT molecular complexity index is 771. The van der Waals surface area contributed by atoms with Crippen LogP contribution >= 0.6 is 22.6 Å². The summed E-state index contributed by atoms with van der Waals surface area (Å²) in [6.07, 6.45) is 4.77. The molecule has 2 aliphatic heterocycles. The maximum Gasteiger partial charge on any atom is 0.235 e. The minimum absolute atomic E-state index is 0.124. The number of imide groups is 1. The van der Waals surface area contributed by atoms with E-state index in [1.54, 1.807) is 0 Å². The fraction of sp³-hybridized carbons (Fsp3) is 0.357. The summed E-state index contributed by atoms with van der Waals surface area (Å²) in [7, 11) is 0. The van der Waals surface area contributed by atoms with Crippen molar-refractivity contribution in [3.63, 3.8) is 0 Å². The van der Waals surface area contributed by atoms with Gasteiger partial charge in [0.2, 0.25) is 11.8 Å². The Kier molecular flexibility index (Phi) is 2.75. The average Bonchev–Trinajstić information content (AvgIpc) is 3.09. The normalized spacial score (nSPS) is 25.3. The van der Waals surface area contributed by atoms with E-state index in [9.17, 15) is 9.59 Å². The number of carbonyl (C=O) groups is 2. The molecule has 4 heterocycles. The van der Waals surface area contributed by atoms with Gasteiger partial charge in [-0.1, -0.05) is 0 Å². The van der Waals surface area contributed by atoms with Crippen LogP contribution in [0.15, 0.2) is 24.5 Å². The first-order chi connectivity index (χ1) is 10.1. The molecule has 0 aromatic carbocycles. The van der Waals surface area contributed by atoms with Gasteiger partial charge in [-0.2, -0.15) is 5.10 Å². The molecule has 1 atom stereocenters. The summed E-state index contributed by atoms with van der Waals surface area (Å²) < 4.78 is 2.97. The van der Waals surface area contributed by atoms with Gasteiger partial charge in [-0.15, -0.1) is 0 Å². The third-order valence-corrected chi connectivity index (χ3v) is 5.27. The minimum atomic E-state index is -0.550. The fourth-order valence-electron chi connectivity index (χ4n) is 3.32. The predicted octanol–water partition coefficient (Wildman–Crippen LogP) is 1.18. The largest absolute Gasteiger partial charge is 0.367 e. The number of amides is 2. The molecule has 0 saturated carbocycles. The first-order valence-corrected chi connectivity index (χ1v) is 7.88. The molecule has 1 unspecified atom stereocenters. The first kappa shape index (κ1) is 13.1. The second-order valence-corrected chi connectivity index (χ2v) is 6.85. The van der Waals surface area contributed by atoms with Gasteiger partial charge < -0.3 is 4.90 Å². The van der Waals surface area contributed by atoms with E-state index < -0.39 is 5.41 Å². The zero-order valence-electron chi connectivity index (χ0n) is 11.2. The molecule has 2 aromatic heterocycles. The Morgan fingerprint density at radius 3 is 3.00 bits per heavy atom. The molecule has 1 spiro atoms. The van der Waals surface area contributed by atoms with Crippen molar-refractivity contribution in [3.8, 4) is 0 Å². The van der Waals surface area contributed by atoms with Crippen LogP contribution in [-0.2, 0) is 9.59 Å². The molecule has 0 aliphatic carbocycles. The molecule has 6 nitrogen and oxygen atoms in total. The van der Waals surface area contributed by atoms with E-state index in [0.29, 0.717) is 19.4 Å². The number of carbonyl (C=O) groups excluding carboxylic acids is 2. The van der Waals surface area contributed by atoms with Crippen molar-refractivity contribution in [2.75, 3.05) is 18.0 Å². The maximum absolute atomic E-state index is 12.1. The SMILES string of the molecule is O=C1CC2(CCN(c3cnn4cccc(I)c34)C2)C(=O)N1. The lowest BCUT2D eigenvalue weighted by Gasteiger charge is -2.21.